The molecule has 0 radical (unpaired) electrons. The molecule has 26 heavy (non-hydrogen) atoms. The average Bonchev–Trinajstić information content (AvgIpc) is 2.69. The number of rotatable bonds is 7. The molecule has 2 aliphatic heterocycles. The number of ether oxygens (including phenoxy) is 1. The Morgan fingerprint density at radius 2 is 1.81 bits per heavy atom. The molecule has 0 aliphatic carbocycles. The van der Waals surface area contributed by atoms with Crippen molar-refractivity contribution in [3.05, 3.63) is 43.0 Å². The van der Waals surface area contributed by atoms with Crippen LogP contribution in [0, 0.1) is 5.92 Å². The largest absolute Gasteiger partial charge is 0.379 e. The number of carbonyl (C=O) groups excluding carboxylic acids is 1. The predicted molar refractivity (Wildman–Crippen MR) is 105 cm³/mol. The fraction of sp³-hybridized carbons (Fsp3) is 0.571. The molecule has 2 fully saturated rings. The third-order valence-electron chi connectivity index (χ3n) is 5.37. The van der Waals surface area contributed by atoms with Crippen molar-refractivity contribution in [2.75, 3.05) is 63.9 Å². The first-order valence-electron chi connectivity index (χ1n) is 9.75. The molecule has 1 aromatic carbocycles. The lowest BCUT2D eigenvalue weighted by Gasteiger charge is -2.36. The molecule has 3 rings (SSSR count). The molecule has 2 heterocycles. The molecule has 1 amide bonds. The first-order chi connectivity index (χ1) is 12.8. The van der Waals surface area contributed by atoms with Gasteiger partial charge in [0.2, 0.25) is 5.91 Å². The Morgan fingerprint density at radius 3 is 2.46 bits per heavy atom. The predicted octanol–water partition coefficient (Wildman–Crippen LogP) is 2.25. The molecule has 0 unspecified atom stereocenters. The monoisotopic (exact) mass is 357 g/mol. The van der Waals surface area contributed by atoms with E-state index in [-0.39, 0.29) is 5.91 Å². The third kappa shape index (κ3) is 5.40. The van der Waals surface area contributed by atoms with Gasteiger partial charge in [-0.15, -0.1) is 6.58 Å². The van der Waals surface area contributed by atoms with Crippen LogP contribution in [0.3, 0.4) is 0 Å². The molecule has 0 spiro atoms. The summed E-state index contributed by atoms with van der Waals surface area (Å²) in [7, 11) is 0. The van der Waals surface area contributed by atoms with Crippen LogP contribution in [-0.4, -0.2) is 74.7 Å². The highest BCUT2D eigenvalue weighted by Crippen LogP contribution is 2.20. The van der Waals surface area contributed by atoms with Gasteiger partial charge < -0.3 is 9.64 Å². The van der Waals surface area contributed by atoms with Gasteiger partial charge in [-0.2, -0.15) is 0 Å². The standard InChI is InChI=1S/C21H31N3O2/c1-2-10-24(20-6-4-3-5-7-20)21(25)18-22-11-8-19(9-12-22)17-23-13-15-26-16-14-23/h2-7,19H,1,8-18H2. The minimum Gasteiger partial charge on any atom is -0.379 e. The van der Waals surface area contributed by atoms with Crippen LogP contribution in [-0.2, 0) is 9.53 Å². The molecule has 5 heteroatoms. The molecule has 0 atom stereocenters. The summed E-state index contributed by atoms with van der Waals surface area (Å²) in [5, 5.41) is 0. The van der Waals surface area contributed by atoms with Crippen molar-refractivity contribution < 1.29 is 9.53 Å². The van der Waals surface area contributed by atoms with Gasteiger partial charge >= 0.3 is 0 Å². The second-order valence-corrected chi connectivity index (χ2v) is 7.26. The van der Waals surface area contributed by atoms with Crippen molar-refractivity contribution in [1.29, 1.82) is 0 Å². The van der Waals surface area contributed by atoms with Crippen LogP contribution in [0.5, 0.6) is 0 Å². The third-order valence-corrected chi connectivity index (χ3v) is 5.37. The minimum atomic E-state index is 0.155. The Morgan fingerprint density at radius 1 is 1.12 bits per heavy atom. The summed E-state index contributed by atoms with van der Waals surface area (Å²) in [6.45, 7) is 11.9. The average molecular weight is 357 g/mol. The number of amides is 1. The van der Waals surface area contributed by atoms with Crippen molar-refractivity contribution in [3.63, 3.8) is 0 Å². The number of likely N-dealkylation sites (tertiary alicyclic amines) is 1. The van der Waals surface area contributed by atoms with Crippen molar-refractivity contribution >= 4 is 11.6 Å². The first kappa shape index (κ1) is 19.1. The Balaban J connectivity index is 1.46. The molecular weight excluding hydrogens is 326 g/mol. The van der Waals surface area contributed by atoms with Gasteiger partial charge in [0, 0.05) is 31.9 Å². The Hall–Kier alpha value is -1.69. The summed E-state index contributed by atoms with van der Waals surface area (Å²) >= 11 is 0. The summed E-state index contributed by atoms with van der Waals surface area (Å²) in [4.78, 5) is 19.5. The maximum absolute atomic E-state index is 12.8. The normalized spacial score (nSPS) is 20.0. The highest BCUT2D eigenvalue weighted by Gasteiger charge is 2.25. The first-order valence-corrected chi connectivity index (χ1v) is 9.75. The van der Waals surface area contributed by atoms with Crippen LogP contribution in [0.25, 0.3) is 0 Å². The van der Waals surface area contributed by atoms with Crippen LogP contribution >= 0.6 is 0 Å². The maximum Gasteiger partial charge on any atom is 0.241 e. The molecule has 142 valence electrons. The van der Waals surface area contributed by atoms with E-state index < -0.39 is 0 Å². The van der Waals surface area contributed by atoms with Gasteiger partial charge in [0.1, 0.15) is 0 Å². The van der Waals surface area contributed by atoms with Crippen LogP contribution in [0.4, 0.5) is 5.69 Å². The molecule has 2 aliphatic rings. The molecule has 5 nitrogen and oxygen atoms in total. The Kier molecular flexibility index (Phi) is 7.23. The number of benzene rings is 1. The van der Waals surface area contributed by atoms with E-state index >= 15 is 0 Å². The van der Waals surface area contributed by atoms with E-state index in [1.165, 1.54) is 19.4 Å². The van der Waals surface area contributed by atoms with Gasteiger partial charge in [-0.1, -0.05) is 24.3 Å². The molecule has 0 bridgehead atoms. The second-order valence-electron chi connectivity index (χ2n) is 7.26. The van der Waals surface area contributed by atoms with E-state index in [1.54, 1.807) is 6.08 Å². The Bertz CT molecular complexity index is 564. The van der Waals surface area contributed by atoms with Crippen LogP contribution < -0.4 is 4.90 Å². The number of hydrogen-bond acceptors (Lipinski definition) is 4. The summed E-state index contributed by atoms with van der Waals surface area (Å²) in [6.07, 6.45) is 4.15. The zero-order valence-corrected chi connectivity index (χ0v) is 15.7. The number of piperidine rings is 1. The van der Waals surface area contributed by atoms with Crippen molar-refractivity contribution in [2.24, 2.45) is 5.92 Å². The summed E-state index contributed by atoms with van der Waals surface area (Å²) in [6, 6.07) is 9.87. The summed E-state index contributed by atoms with van der Waals surface area (Å²) < 4.78 is 5.43. The maximum atomic E-state index is 12.8. The van der Waals surface area contributed by atoms with Gasteiger partial charge in [-0.25, -0.2) is 0 Å². The van der Waals surface area contributed by atoms with E-state index in [1.807, 2.05) is 35.2 Å². The number of hydrogen-bond donors (Lipinski definition) is 0. The minimum absolute atomic E-state index is 0.155. The fourth-order valence-corrected chi connectivity index (χ4v) is 3.84. The topological polar surface area (TPSA) is 36.0 Å². The summed E-state index contributed by atoms with van der Waals surface area (Å²) in [5.74, 6) is 0.903. The highest BCUT2D eigenvalue weighted by molar-refractivity contribution is 5.95. The lowest BCUT2D eigenvalue weighted by atomic mass is 9.96. The second kappa shape index (κ2) is 9.86. The smallest absolute Gasteiger partial charge is 0.241 e. The van der Waals surface area contributed by atoms with Crippen molar-refractivity contribution in [2.45, 2.75) is 12.8 Å². The lowest BCUT2D eigenvalue weighted by Crippen LogP contribution is -2.46. The van der Waals surface area contributed by atoms with Gasteiger partial charge in [-0.05, 0) is 44.0 Å². The molecule has 0 N–H and O–H groups in total. The zero-order chi connectivity index (χ0) is 18.2. The van der Waals surface area contributed by atoms with Gasteiger partial charge in [-0.3, -0.25) is 14.6 Å². The van der Waals surface area contributed by atoms with Crippen LogP contribution in [0.2, 0.25) is 0 Å². The molecule has 1 aromatic rings. The highest BCUT2D eigenvalue weighted by atomic mass is 16.5. The molecule has 0 aromatic heterocycles. The summed E-state index contributed by atoms with van der Waals surface area (Å²) in [5.41, 5.74) is 0.944. The van der Waals surface area contributed by atoms with E-state index in [9.17, 15) is 4.79 Å². The quantitative estimate of drug-likeness (QED) is 0.702. The molecule has 2 saturated heterocycles. The molecular formula is C21H31N3O2. The zero-order valence-electron chi connectivity index (χ0n) is 15.7. The van der Waals surface area contributed by atoms with Crippen LogP contribution in [0.15, 0.2) is 43.0 Å². The number of anilines is 1. The number of carbonyl (C=O) groups is 1. The van der Waals surface area contributed by atoms with E-state index in [2.05, 4.69) is 16.4 Å². The van der Waals surface area contributed by atoms with Crippen molar-refractivity contribution in [3.8, 4) is 0 Å². The van der Waals surface area contributed by atoms with Crippen molar-refractivity contribution in [1.82, 2.24) is 9.80 Å². The fourth-order valence-electron chi connectivity index (χ4n) is 3.84. The van der Waals surface area contributed by atoms with Crippen LogP contribution in [0.1, 0.15) is 12.8 Å². The van der Waals surface area contributed by atoms with E-state index in [0.717, 1.165) is 51.0 Å². The van der Waals surface area contributed by atoms with Gasteiger partial charge in [0.25, 0.3) is 0 Å². The van der Waals surface area contributed by atoms with E-state index in [0.29, 0.717) is 13.1 Å². The Labute approximate surface area is 157 Å². The van der Waals surface area contributed by atoms with E-state index in [4.69, 9.17) is 4.74 Å². The van der Waals surface area contributed by atoms with Gasteiger partial charge in [0.05, 0.1) is 19.8 Å². The molecule has 0 saturated carbocycles. The number of morpholine rings is 1. The number of nitrogens with zero attached hydrogens (tertiary/aromatic N) is 3. The van der Waals surface area contributed by atoms with Gasteiger partial charge in [0.15, 0.2) is 0 Å². The lowest BCUT2D eigenvalue weighted by molar-refractivity contribution is -0.120. The number of para-hydroxylation sites is 1. The SMILES string of the molecule is C=CCN(C(=O)CN1CCC(CN2CCOCC2)CC1)c1ccccc1.